The molecule has 1 N–H and O–H groups in total. The standard InChI is InChI=1S/C12H14FNO2/c13-11-5-4-9(15)8-10(11)12(16)14-6-2-1-3-7-14/h4-5,8,15H,1-3,6-7H2. The normalized spacial score (nSPS) is 16.2. The Balaban J connectivity index is 2.22. The second-order valence-electron chi connectivity index (χ2n) is 4.02. The number of likely N-dealkylation sites (tertiary alicyclic amines) is 1. The van der Waals surface area contributed by atoms with Crippen LogP contribution in [0, 0.1) is 5.82 Å². The molecule has 0 aromatic heterocycles. The Morgan fingerprint density at radius 1 is 1.25 bits per heavy atom. The molecule has 0 saturated carbocycles. The number of rotatable bonds is 1. The van der Waals surface area contributed by atoms with Gasteiger partial charge in [-0.25, -0.2) is 4.39 Å². The third-order valence-electron chi connectivity index (χ3n) is 2.82. The molecule has 86 valence electrons. The van der Waals surface area contributed by atoms with Gasteiger partial charge in [-0.3, -0.25) is 4.79 Å². The molecular weight excluding hydrogens is 209 g/mol. The van der Waals surface area contributed by atoms with Crippen LogP contribution in [-0.2, 0) is 0 Å². The lowest BCUT2D eigenvalue weighted by Crippen LogP contribution is -2.36. The van der Waals surface area contributed by atoms with Crippen LogP contribution < -0.4 is 0 Å². The molecular formula is C12H14FNO2. The van der Waals surface area contributed by atoms with Crippen LogP contribution in [0.4, 0.5) is 4.39 Å². The smallest absolute Gasteiger partial charge is 0.256 e. The molecule has 3 nitrogen and oxygen atoms in total. The van der Waals surface area contributed by atoms with Gasteiger partial charge >= 0.3 is 0 Å². The lowest BCUT2D eigenvalue weighted by molar-refractivity contribution is 0.0719. The van der Waals surface area contributed by atoms with Crippen LogP contribution in [0.3, 0.4) is 0 Å². The van der Waals surface area contributed by atoms with Crippen molar-refractivity contribution in [3.05, 3.63) is 29.6 Å². The first-order chi connectivity index (χ1) is 7.68. The molecule has 1 amide bonds. The molecule has 1 heterocycles. The molecule has 0 unspecified atom stereocenters. The zero-order valence-corrected chi connectivity index (χ0v) is 8.95. The number of hydrogen-bond donors (Lipinski definition) is 1. The van der Waals surface area contributed by atoms with Gasteiger partial charge in [-0.2, -0.15) is 0 Å². The Bertz CT molecular complexity index is 400. The zero-order chi connectivity index (χ0) is 11.5. The Labute approximate surface area is 93.5 Å². The van der Waals surface area contributed by atoms with Gasteiger partial charge in [0, 0.05) is 13.1 Å². The van der Waals surface area contributed by atoms with E-state index in [0.717, 1.165) is 25.3 Å². The summed E-state index contributed by atoms with van der Waals surface area (Å²) in [6, 6.07) is 3.54. The minimum Gasteiger partial charge on any atom is -0.508 e. The number of aromatic hydroxyl groups is 1. The lowest BCUT2D eigenvalue weighted by atomic mass is 10.1. The quantitative estimate of drug-likeness (QED) is 0.792. The van der Waals surface area contributed by atoms with E-state index in [1.165, 1.54) is 12.1 Å². The van der Waals surface area contributed by atoms with Crippen molar-refractivity contribution in [2.45, 2.75) is 19.3 Å². The third kappa shape index (κ3) is 2.15. The maximum Gasteiger partial charge on any atom is 0.256 e. The van der Waals surface area contributed by atoms with Gasteiger partial charge < -0.3 is 10.0 Å². The second-order valence-corrected chi connectivity index (χ2v) is 4.02. The molecule has 1 aliphatic rings. The Morgan fingerprint density at radius 2 is 1.94 bits per heavy atom. The highest BCUT2D eigenvalue weighted by Crippen LogP contribution is 2.19. The minimum atomic E-state index is -0.576. The average Bonchev–Trinajstić information content (AvgIpc) is 2.32. The predicted molar refractivity (Wildman–Crippen MR) is 57.8 cm³/mol. The summed E-state index contributed by atoms with van der Waals surface area (Å²) in [6.45, 7) is 1.35. The van der Waals surface area contributed by atoms with E-state index >= 15 is 0 Å². The maximum atomic E-state index is 13.4. The predicted octanol–water partition coefficient (Wildman–Crippen LogP) is 2.16. The van der Waals surface area contributed by atoms with Gasteiger partial charge in [0.05, 0.1) is 5.56 Å². The summed E-state index contributed by atoms with van der Waals surface area (Å²) in [5.41, 5.74) is -0.0399. The van der Waals surface area contributed by atoms with Crippen LogP contribution in [0.2, 0.25) is 0 Å². The van der Waals surface area contributed by atoms with E-state index in [4.69, 9.17) is 0 Å². The van der Waals surface area contributed by atoms with Gasteiger partial charge in [-0.05, 0) is 37.5 Å². The first kappa shape index (κ1) is 10.9. The van der Waals surface area contributed by atoms with Crippen molar-refractivity contribution in [1.29, 1.82) is 0 Å². The monoisotopic (exact) mass is 223 g/mol. The van der Waals surface area contributed by atoms with Crippen LogP contribution in [0.15, 0.2) is 18.2 Å². The molecule has 0 bridgehead atoms. The summed E-state index contributed by atoms with van der Waals surface area (Å²) >= 11 is 0. The zero-order valence-electron chi connectivity index (χ0n) is 8.95. The summed E-state index contributed by atoms with van der Waals surface area (Å²) in [5, 5.41) is 9.25. The number of phenolic OH excluding ortho intramolecular Hbond substituents is 1. The number of carbonyl (C=O) groups excluding carboxylic acids is 1. The van der Waals surface area contributed by atoms with Crippen molar-refractivity contribution in [2.75, 3.05) is 13.1 Å². The maximum absolute atomic E-state index is 13.4. The van der Waals surface area contributed by atoms with E-state index < -0.39 is 5.82 Å². The number of nitrogens with zero attached hydrogens (tertiary/aromatic N) is 1. The molecule has 0 atom stereocenters. The van der Waals surface area contributed by atoms with Crippen molar-refractivity contribution >= 4 is 5.91 Å². The average molecular weight is 223 g/mol. The minimum absolute atomic E-state index is 0.0399. The number of halogens is 1. The molecule has 1 fully saturated rings. The van der Waals surface area contributed by atoms with E-state index in [2.05, 4.69) is 0 Å². The molecule has 0 radical (unpaired) electrons. The largest absolute Gasteiger partial charge is 0.508 e. The highest BCUT2D eigenvalue weighted by molar-refractivity contribution is 5.94. The number of benzene rings is 1. The third-order valence-corrected chi connectivity index (χ3v) is 2.82. The van der Waals surface area contributed by atoms with Crippen molar-refractivity contribution in [3.63, 3.8) is 0 Å². The van der Waals surface area contributed by atoms with Crippen molar-refractivity contribution in [2.24, 2.45) is 0 Å². The Kier molecular flexibility index (Phi) is 3.08. The topological polar surface area (TPSA) is 40.5 Å². The molecule has 16 heavy (non-hydrogen) atoms. The number of carbonyl (C=O) groups is 1. The molecule has 0 spiro atoms. The Hall–Kier alpha value is -1.58. The summed E-state index contributed by atoms with van der Waals surface area (Å²) in [6.07, 6.45) is 3.05. The molecule has 2 rings (SSSR count). The van der Waals surface area contributed by atoms with Gasteiger partial charge in [0.15, 0.2) is 0 Å². The summed E-state index contributed by atoms with van der Waals surface area (Å²) in [7, 11) is 0. The first-order valence-electron chi connectivity index (χ1n) is 5.46. The lowest BCUT2D eigenvalue weighted by Gasteiger charge is -2.26. The first-order valence-corrected chi connectivity index (χ1v) is 5.46. The molecule has 1 aromatic rings. The van der Waals surface area contributed by atoms with Gasteiger partial charge in [0.1, 0.15) is 11.6 Å². The van der Waals surface area contributed by atoms with Gasteiger partial charge in [-0.1, -0.05) is 0 Å². The van der Waals surface area contributed by atoms with E-state index in [9.17, 15) is 14.3 Å². The molecule has 1 aromatic carbocycles. The van der Waals surface area contributed by atoms with Crippen LogP contribution in [0.1, 0.15) is 29.6 Å². The van der Waals surface area contributed by atoms with E-state index in [-0.39, 0.29) is 17.2 Å². The molecule has 1 saturated heterocycles. The second kappa shape index (κ2) is 4.51. The number of phenols is 1. The van der Waals surface area contributed by atoms with Crippen molar-refractivity contribution in [1.82, 2.24) is 4.90 Å². The van der Waals surface area contributed by atoms with Crippen molar-refractivity contribution in [3.8, 4) is 5.75 Å². The Morgan fingerprint density at radius 3 is 2.62 bits per heavy atom. The van der Waals surface area contributed by atoms with E-state index in [1.807, 2.05) is 0 Å². The van der Waals surface area contributed by atoms with Gasteiger partial charge in [0.2, 0.25) is 0 Å². The van der Waals surface area contributed by atoms with Gasteiger partial charge in [-0.15, -0.1) is 0 Å². The van der Waals surface area contributed by atoms with Gasteiger partial charge in [0.25, 0.3) is 5.91 Å². The van der Waals surface area contributed by atoms with Crippen LogP contribution in [-0.4, -0.2) is 29.0 Å². The van der Waals surface area contributed by atoms with Crippen LogP contribution in [0.25, 0.3) is 0 Å². The number of piperidine rings is 1. The fourth-order valence-electron chi connectivity index (χ4n) is 1.94. The van der Waals surface area contributed by atoms with E-state index in [1.54, 1.807) is 4.90 Å². The summed E-state index contributed by atoms with van der Waals surface area (Å²) in [5.74, 6) is -0.983. The highest BCUT2D eigenvalue weighted by Gasteiger charge is 2.21. The molecule has 0 aliphatic carbocycles. The van der Waals surface area contributed by atoms with Crippen LogP contribution in [0.5, 0.6) is 5.75 Å². The number of amides is 1. The number of hydrogen-bond acceptors (Lipinski definition) is 2. The molecule has 1 aliphatic heterocycles. The SMILES string of the molecule is O=C(c1cc(O)ccc1F)N1CCCCC1. The fraction of sp³-hybridized carbons (Fsp3) is 0.417. The summed E-state index contributed by atoms with van der Waals surface area (Å²) in [4.78, 5) is 13.6. The van der Waals surface area contributed by atoms with Crippen molar-refractivity contribution < 1.29 is 14.3 Å². The van der Waals surface area contributed by atoms with E-state index in [0.29, 0.717) is 13.1 Å². The molecule has 4 heteroatoms. The fourth-order valence-corrected chi connectivity index (χ4v) is 1.94. The summed E-state index contributed by atoms with van der Waals surface area (Å²) < 4.78 is 13.4. The van der Waals surface area contributed by atoms with Crippen LogP contribution >= 0.6 is 0 Å². The highest BCUT2D eigenvalue weighted by atomic mass is 19.1.